The highest BCUT2D eigenvalue weighted by atomic mass is 16.1. The first-order valence-corrected chi connectivity index (χ1v) is 6.59. The number of amides is 1. The number of primary amides is 1. The summed E-state index contributed by atoms with van der Waals surface area (Å²) in [7, 11) is 0. The Morgan fingerprint density at radius 2 is 2.26 bits per heavy atom. The van der Waals surface area contributed by atoms with Crippen molar-refractivity contribution in [3.63, 3.8) is 0 Å². The number of carbonyl (C=O) groups excluding carboxylic acids is 1. The smallest absolute Gasteiger partial charge is 0.254 e. The minimum atomic E-state index is -0.577. The van der Waals surface area contributed by atoms with Crippen molar-refractivity contribution in [3.05, 3.63) is 11.8 Å². The van der Waals surface area contributed by atoms with Gasteiger partial charge in [0.05, 0.1) is 18.0 Å². The molecule has 1 aromatic heterocycles. The van der Waals surface area contributed by atoms with Gasteiger partial charge >= 0.3 is 0 Å². The Morgan fingerprint density at radius 3 is 2.79 bits per heavy atom. The fourth-order valence-electron chi connectivity index (χ4n) is 3.20. The molecular formula is C13H17N5O. The third-order valence-corrected chi connectivity index (χ3v) is 4.58. The Kier molecular flexibility index (Phi) is 2.52. The van der Waals surface area contributed by atoms with Gasteiger partial charge in [-0.1, -0.05) is 0 Å². The van der Waals surface area contributed by atoms with Crippen LogP contribution in [0.4, 0.5) is 5.82 Å². The van der Waals surface area contributed by atoms with Crippen molar-refractivity contribution < 1.29 is 4.79 Å². The summed E-state index contributed by atoms with van der Waals surface area (Å²) in [5.74, 6) is -0.487. The van der Waals surface area contributed by atoms with Crippen molar-refractivity contribution in [2.24, 2.45) is 17.1 Å². The number of hydrogen-bond acceptors (Lipinski definition) is 4. The first-order chi connectivity index (χ1) is 9.04. The van der Waals surface area contributed by atoms with Gasteiger partial charge < -0.3 is 11.5 Å². The van der Waals surface area contributed by atoms with Gasteiger partial charge in [0.25, 0.3) is 5.91 Å². The maximum absolute atomic E-state index is 11.2. The van der Waals surface area contributed by atoms with Gasteiger partial charge in [0.2, 0.25) is 0 Å². The highest BCUT2D eigenvalue weighted by Crippen LogP contribution is 2.59. The minimum Gasteiger partial charge on any atom is -0.382 e. The second kappa shape index (κ2) is 3.98. The molecule has 19 heavy (non-hydrogen) atoms. The van der Waals surface area contributed by atoms with Gasteiger partial charge in [-0.3, -0.25) is 9.48 Å². The molecule has 2 fully saturated rings. The van der Waals surface area contributed by atoms with Crippen molar-refractivity contribution in [1.82, 2.24) is 9.78 Å². The van der Waals surface area contributed by atoms with Crippen molar-refractivity contribution in [3.8, 4) is 6.07 Å². The van der Waals surface area contributed by atoms with E-state index in [-0.39, 0.29) is 23.3 Å². The van der Waals surface area contributed by atoms with Crippen LogP contribution in [0.5, 0.6) is 0 Å². The normalized spacial score (nSPS) is 27.9. The van der Waals surface area contributed by atoms with E-state index >= 15 is 0 Å². The number of anilines is 1. The van der Waals surface area contributed by atoms with Crippen molar-refractivity contribution in [1.29, 1.82) is 5.26 Å². The summed E-state index contributed by atoms with van der Waals surface area (Å²) in [5, 5.41) is 13.5. The maximum atomic E-state index is 11.2. The van der Waals surface area contributed by atoms with Crippen LogP contribution in [-0.2, 0) is 0 Å². The molecule has 0 aliphatic heterocycles. The molecule has 1 heterocycles. The lowest BCUT2D eigenvalue weighted by molar-refractivity contribution is 0.100. The Labute approximate surface area is 111 Å². The van der Waals surface area contributed by atoms with E-state index in [0.717, 1.165) is 19.3 Å². The Bertz CT molecular complexity index is 566. The van der Waals surface area contributed by atoms with Crippen LogP contribution in [-0.4, -0.2) is 15.7 Å². The lowest BCUT2D eigenvalue weighted by Gasteiger charge is -2.32. The molecular weight excluding hydrogens is 242 g/mol. The van der Waals surface area contributed by atoms with Crippen LogP contribution in [0.15, 0.2) is 6.20 Å². The molecule has 6 heteroatoms. The summed E-state index contributed by atoms with van der Waals surface area (Å²) >= 11 is 0. The van der Waals surface area contributed by atoms with E-state index in [1.165, 1.54) is 12.8 Å². The largest absolute Gasteiger partial charge is 0.382 e. The van der Waals surface area contributed by atoms with E-state index in [4.69, 9.17) is 11.5 Å². The summed E-state index contributed by atoms with van der Waals surface area (Å²) in [6, 6.07) is 2.39. The quantitative estimate of drug-likeness (QED) is 0.831. The molecule has 0 saturated heterocycles. The summed E-state index contributed by atoms with van der Waals surface area (Å²) < 4.78 is 1.67. The molecule has 2 saturated carbocycles. The molecule has 3 rings (SSSR count). The summed E-state index contributed by atoms with van der Waals surface area (Å²) in [4.78, 5) is 11.2. The molecule has 2 aliphatic carbocycles. The molecule has 1 spiro atoms. The summed E-state index contributed by atoms with van der Waals surface area (Å²) in [5.41, 5.74) is 11.6. The molecule has 6 nitrogen and oxygen atoms in total. The topological polar surface area (TPSA) is 111 Å². The second-order valence-electron chi connectivity index (χ2n) is 5.82. The van der Waals surface area contributed by atoms with E-state index < -0.39 is 5.91 Å². The molecule has 2 aliphatic rings. The summed E-state index contributed by atoms with van der Waals surface area (Å²) in [6.07, 6.45) is 7.04. The first kappa shape index (κ1) is 12.0. The number of rotatable bonds is 2. The van der Waals surface area contributed by atoms with Gasteiger partial charge in [-0.25, -0.2) is 0 Å². The molecule has 2 atom stereocenters. The van der Waals surface area contributed by atoms with E-state index in [2.05, 4.69) is 11.2 Å². The van der Waals surface area contributed by atoms with Crippen molar-refractivity contribution in [2.45, 2.75) is 38.1 Å². The number of nitrogen functional groups attached to an aromatic ring is 1. The third-order valence-electron chi connectivity index (χ3n) is 4.58. The molecule has 1 unspecified atom stereocenters. The molecule has 1 aromatic rings. The number of hydrogen-bond donors (Lipinski definition) is 2. The fraction of sp³-hybridized carbons (Fsp3) is 0.615. The van der Waals surface area contributed by atoms with Crippen LogP contribution in [0.25, 0.3) is 0 Å². The molecule has 4 N–H and O–H groups in total. The van der Waals surface area contributed by atoms with Gasteiger partial charge in [0.1, 0.15) is 5.56 Å². The van der Waals surface area contributed by atoms with Crippen LogP contribution in [0.2, 0.25) is 0 Å². The second-order valence-corrected chi connectivity index (χ2v) is 5.82. The predicted molar refractivity (Wildman–Crippen MR) is 68.8 cm³/mol. The molecule has 0 bridgehead atoms. The average Bonchev–Trinajstić information content (AvgIpc) is 3.00. The molecule has 0 aromatic carbocycles. The van der Waals surface area contributed by atoms with Crippen LogP contribution < -0.4 is 11.5 Å². The van der Waals surface area contributed by atoms with Gasteiger partial charge in [-0.2, -0.15) is 10.4 Å². The molecule has 0 radical (unpaired) electrons. The number of nitriles is 1. The van der Waals surface area contributed by atoms with E-state index in [1.807, 2.05) is 0 Å². The highest BCUT2D eigenvalue weighted by Gasteiger charge is 2.49. The van der Waals surface area contributed by atoms with E-state index in [9.17, 15) is 10.1 Å². The molecule has 100 valence electrons. The number of nitrogens with two attached hydrogens (primary N) is 2. The monoisotopic (exact) mass is 259 g/mol. The average molecular weight is 259 g/mol. The lowest BCUT2D eigenvalue weighted by Crippen LogP contribution is -2.28. The number of nitrogens with zero attached hydrogens (tertiary/aromatic N) is 3. The fourth-order valence-corrected chi connectivity index (χ4v) is 3.20. The van der Waals surface area contributed by atoms with Crippen LogP contribution in [0.3, 0.4) is 0 Å². The minimum absolute atomic E-state index is 0.00613. The number of carbonyl (C=O) groups is 1. The van der Waals surface area contributed by atoms with Crippen LogP contribution in [0.1, 0.15) is 48.5 Å². The Hall–Kier alpha value is -2.03. The SMILES string of the molecule is N#CC1CC2(CC[C@H]1n1cc(C(N)=O)c(N)n1)CC2. The van der Waals surface area contributed by atoms with Crippen molar-refractivity contribution >= 4 is 11.7 Å². The van der Waals surface area contributed by atoms with Crippen LogP contribution in [0, 0.1) is 22.7 Å². The van der Waals surface area contributed by atoms with Crippen LogP contribution >= 0.6 is 0 Å². The van der Waals surface area contributed by atoms with Crippen molar-refractivity contribution in [2.75, 3.05) is 5.73 Å². The number of aromatic nitrogens is 2. The van der Waals surface area contributed by atoms with Gasteiger partial charge in [-0.15, -0.1) is 0 Å². The van der Waals surface area contributed by atoms with Gasteiger partial charge in [-0.05, 0) is 37.5 Å². The zero-order valence-corrected chi connectivity index (χ0v) is 10.7. The van der Waals surface area contributed by atoms with E-state index in [1.54, 1.807) is 10.9 Å². The van der Waals surface area contributed by atoms with Gasteiger partial charge in [0.15, 0.2) is 5.82 Å². The maximum Gasteiger partial charge on any atom is 0.254 e. The van der Waals surface area contributed by atoms with Gasteiger partial charge in [0, 0.05) is 6.20 Å². The Balaban J connectivity index is 1.87. The standard InChI is InChI=1S/C13H17N5O/c14-6-8-5-13(3-4-13)2-1-10(8)18-7-9(12(16)19)11(15)17-18/h7-8,10H,1-5H2,(H2,15,17)(H2,16,19)/t8?,10-/m1/s1. The highest BCUT2D eigenvalue weighted by molar-refractivity contribution is 5.96. The predicted octanol–water partition coefficient (Wildman–Crippen LogP) is 1.21. The lowest BCUT2D eigenvalue weighted by atomic mass is 9.76. The zero-order valence-electron chi connectivity index (χ0n) is 10.7. The van der Waals surface area contributed by atoms with E-state index in [0.29, 0.717) is 5.41 Å². The summed E-state index contributed by atoms with van der Waals surface area (Å²) in [6.45, 7) is 0. The Morgan fingerprint density at radius 1 is 1.53 bits per heavy atom. The first-order valence-electron chi connectivity index (χ1n) is 6.59. The third kappa shape index (κ3) is 1.95. The molecule has 1 amide bonds. The zero-order chi connectivity index (χ0) is 13.6.